The Morgan fingerprint density at radius 1 is 0.947 bits per heavy atom. The zero-order valence-electron chi connectivity index (χ0n) is 22.6. The highest BCUT2D eigenvalue weighted by molar-refractivity contribution is 6.13. The molecule has 0 spiro atoms. The third-order valence-corrected chi connectivity index (χ3v) is 12.2. The molecule has 6 rings (SSSR count). The van der Waals surface area contributed by atoms with Gasteiger partial charge in [-0.3, -0.25) is 19.2 Å². The number of ether oxygens (including phenoxy) is 1. The maximum Gasteiger partial charge on any atom is 0.317 e. The number of carbonyl (C=O) groups excluding carboxylic acids is 3. The smallest absolute Gasteiger partial charge is 0.317 e. The number of esters is 1. The third kappa shape index (κ3) is 2.61. The fourth-order valence-corrected chi connectivity index (χ4v) is 9.73. The SMILES string of the molecule is C=C1C(=O)C(OC(=O)[C@@]2(C)C[C@@H]3C[C@@]4(O)C(=O)C(O)=C(C)[C@@]4(C)[C@@H]3C2)=C2C[C@H]3C[C@](C)(C(=O)O)C[C@H]3[C@]12C. The van der Waals surface area contributed by atoms with Crippen LogP contribution in [0.5, 0.6) is 0 Å². The molecule has 0 aliphatic heterocycles. The number of aliphatic hydroxyl groups is 2. The van der Waals surface area contributed by atoms with Crippen molar-refractivity contribution in [3.63, 3.8) is 0 Å². The molecule has 9 atom stereocenters. The number of aliphatic carboxylic acids is 1. The average Bonchev–Trinajstić information content (AvgIpc) is 3.57. The van der Waals surface area contributed by atoms with Crippen LogP contribution >= 0.6 is 0 Å². The summed E-state index contributed by atoms with van der Waals surface area (Å²) in [6.45, 7) is 13.1. The summed E-state index contributed by atoms with van der Waals surface area (Å²) < 4.78 is 5.95. The van der Waals surface area contributed by atoms with Crippen molar-refractivity contribution in [2.45, 2.75) is 78.7 Å². The molecule has 8 nitrogen and oxygen atoms in total. The fourth-order valence-electron chi connectivity index (χ4n) is 9.73. The quantitative estimate of drug-likeness (QED) is 0.372. The van der Waals surface area contributed by atoms with E-state index in [0.717, 1.165) is 5.57 Å². The van der Waals surface area contributed by atoms with E-state index >= 15 is 0 Å². The van der Waals surface area contributed by atoms with Gasteiger partial charge in [0.15, 0.2) is 11.5 Å². The molecular weight excluding hydrogens is 488 g/mol. The van der Waals surface area contributed by atoms with Crippen LogP contribution in [0.1, 0.15) is 73.1 Å². The normalized spacial score (nSPS) is 49.1. The maximum absolute atomic E-state index is 13.7. The zero-order chi connectivity index (χ0) is 28.0. The lowest BCUT2D eigenvalue weighted by Gasteiger charge is -2.38. The summed E-state index contributed by atoms with van der Waals surface area (Å²) in [5, 5.41) is 31.4. The molecular formula is C30H36O8. The summed E-state index contributed by atoms with van der Waals surface area (Å²) >= 11 is 0. The van der Waals surface area contributed by atoms with Gasteiger partial charge in [-0.05, 0) is 94.1 Å². The van der Waals surface area contributed by atoms with Gasteiger partial charge in [0.25, 0.3) is 0 Å². The molecule has 0 radical (unpaired) electrons. The van der Waals surface area contributed by atoms with E-state index in [4.69, 9.17) is 4.74 Å². The topological polar surface area (TPSA) is 138 Å². The Kier molecular flexibility index (Phi) is 4.74. The molecule has 0 aromatic heterocycles. The van der Waals surface area contributed by atoms with Crippen LogP contribution < -0.4 is 0 Å². The van der Waals surface area contributed by atoms with Crippen LogP contribution in [-0.2, 0) is 23.9 Å². The number of carboxylic acids is 1. The molecule has 0 heterocycles. The molecule has 6 aliphatic carbocycles. The predicted molar refractivity (Wildman–Crippen MR) is 134 cm³/mol. The molecule has 4 saturated carbocycles. The van der Waals surface area contributed by atoms with Gasteiger partial charge in [0.2, 0.25) is 11.6 Å². The number of hydrogen-bond acceptors (Lipinski definition) is 7. The molecule has 0 bridgehead atoms. The molecule has 0 unspecified atom stereocenters. The van der Waals surface area contributed by atoms with Gasteiger partial charge in [0, 0.05) is 16.4 Å². The molecule has 8 heteroatoms. The first kappa shape index (κ1) is 25.5. The Morgan fingerprint density at radius 3 is 2.18 bits per heavy atom. The van der Waals surface area contributed by atoms with Crippen molar-refractivity contribution in [1.29, 1.82) is 0 Å². The summed E-state index contributed by atoms with van der Waals surface area (Å²) in [5.74, 6) is -2.95. The molecule has 4 fully saturated rings. The van der Waals surface area contributed by atoms with E-state index in [1.165, 1.54) is 0 Å². The number of rotatable bonds is 3. The lowest BCUT2D eigenvalue weighted by atomic mass is 9.67. The van der Waals surface area contributed by atoms with Crippen molar-refractivity contribution in [2.24, 2.45) is 45.3 Å². The largest absolute Gasteiger partial charge is 0.504 e. The number of aliphatic hydroxyl groups excluding tert-OH is 1. The molecule has 3 N–H and O–H groups in total. The maximum atomic E-state index is 13.7. The Hall–Kier alpha value is -2.74. The minimum Gasteiger partial charge on any atom is -0.504 e. The number of Topliss-reactive ketones (excluding diaryl/α,β-unsaturated/α-hetero) is 2. The molecule has 204 valence electrons. The molecule has 0 aromatic rings. The predicted octanol–water partition coefficient (Wildman–Crippen LogP) is 4.04. The van der Waals surface area contributed by atoms with Crippen molar-refractivity contribution in [3.8, 4) is 0 Å². The summed E-state index contributed by atoms with van der Waals surface area (Å²) in [5.41, 5.74) is -3.53. The molecule has 38 heavy (non-hydrogen) atoms. The van der Waals surface area contributed by atoms with E-state index in [1.807, 2.05) is 13.8 Å². The van der Waals surface area contributed by atoms with E-state index in [9.17, 15) is 34.5 Å². The average molecular weight is 525 g/mol. The zero-order valence-corrected chi connectivity index (χ0v) is 22.6. The van der Waals surface area contributed by atoms with Crippen molar-refractivity contribution >= 4 is 23.5 Å². The minimum absolute atomic E-state index is 0.0485. The summed E-state index contributed by atoms with van der Waals surface area (Å²) in [7, 11) is 0. The van der Waals surface area contributed by atoms with E-state index in [0.29, 0.717) is 43.3 Å². The number of ketones is 2. The highest BCUT2D eigenvalue weighted by Crippen LogP contribution is 2.70. The van der Waals surface area contributed by atoms with E-state index in [-0.39, 0.29) is 47.4 Å². The van der Waals surface area contributed by atoms with Gasteiger partial charge in [-0.1, -0.05) is 20.4 Å². The Labute approximate surface area is 221 Å². The number of carbonyl (C=O) groups is 4. The Morgan fingerprint density at radius 2 is 1.55 bits per heavy atom. The van der Waals surface area contributed by atoms with Crippen molar-refractivity contribution in [1.82, 2.24) is 0 Å². The monoisotopic (exact) mass is 524 g/mol. The van der Waals surface area contributed by atoms with Gasteiger partial charge in [-0.25, -0.2) is 0 Å². The van der Waals surface area contributed by atoms with Gasteiger partial charge >= 0.3 is 11.9 Å². The number of allylic oxidation sites excluding steroid dienone is 2. The van der Waals surface area contributed by atoms with Gasteiger partial charge in [-0.2, -0.15) is 0 Å². The number of fused-ring (bicyclic) bond motifs is 6. The third-order valence-electron chi connectivity index (χ3n) is 12.2. The fraction of sp³-hybridized carbons (Fsp3) is 0.667. The van der Waals surface area contributed by atoms with Crippen molar-refractivity contribution < 1.29 is 39.2 Å². The van der Waals surface area contributed by atoms with Gasteiger partial charge in [-0.15, -0.1) is 0 Å². The first-order valence-corrected chi connectivity index (χ1v) is 13.6. The lowest BCUT2D eigenvalue weighted by Crippen LogP contribution is -2.48. The molecule has 0 aromatic carbocycles. The van der Waals surface area contributed by atoms with Gasteiger partial charge in [0.1, 0.15) is 5.60 Å². The Balaban J connectivity index is 1.27. The van der Waals surface area contributed by atoms with Crippen LogP contribution in [0.4, 0.5) is 0 Å². The van der Waals surface area contributed by atoms with Crippen molar-refractivity contribution in [3.05, 3.63) is 34.8 Å². The molecule has 6 aliphatic rings. The second-order valence-electron chi connectivity index (χ2n) is 14.0. The summed E-state index contributed by atoms with van der Waals surface area (Å²) in [6.07, 6.45) is 2.41. The highest BCUT2D eigenvalue weighted by atomic mass is 16.5. The standard InChI is InChI=1S/C30H36O8/c1-13-20(31)22(17-7-15-8-26(3,24(34)35)11-18(15)28(13,17)5)38-25(36)27(4)9-16-10-30(37)23(33)21(32)14(2)29(30,6)19(16)12-27/h15-16,18-19,32,37H,1,7-12H2,2-6H3,(H,34,35)/t15-,16+,18+,19+,26-,27-,28+,29-,30+/m0/s1. The summed E-state index contributed by atoms with van der Waals surface area (Å²) in [4.78, 5) is 51.7. The van der Waals surface area contributed by atoms with Crippen LogP contribution in [0.15, 0.2) is 34.8 Å². The molecule has 0 saturated heterocycles. The van der Waals surface area contributed by atoms with Crippen LogP contribution in [0.25, 0.3) is 0 Å². The molecule has 0 amide bonds. The second-order valence-corrected chi connectivity index (χ2v) is 14.0. The van der Waals surface area contributed by atoms with E-state index < -0.39 is 45.0 Å². The Bertz CT molecular complexity index is 1340. The van der Waals surface area contributed by atoms with Crippen LogP contribution in [0.3, 0.4) is 0 Å². The van der Waals surface area contributed by atoms with Gasteiger partial charge in [0.05, 0.1) is 10.8 Å². The van der Waals surface area contributed by atoms with Crippen LogP contribution in [-0.4, -0.2) is 44.4 Å². The van der Waals surface area contributed by atoms with Crippen molar-refractivity contribution in [2.75, 3.05) is 0 Å². The van der Waals surface area contributed by atoms with E-state index in [1.54, 1.807) is 20.8 Å². The highest BCUT2D eigenvalue weighted by Gasteiger charge is 2.73. The first-order valence-electron chi connectivity index (χ1n) is 13.6. The van der Waals surface area contributed by atoms with Crippen LogP contribution in [0, 0.1) is 45.3 Å². The number of hydrogen-bond donors (Lipinski definition) is 3. The lowest BCUT2D eigenvalue weighted by molar-refractivity contribution is -0.153. The second kappa shape index (κ2) is 7.06. The first-order chi connectivity index (χ1) is 17.5. The minimum atomic E-state index is -1.67. The van der Waals surface area contributed by atoms with Crippen LogP contribution in [0.2, 0.25) is 0 Å². The van der Waals surface area contributed by atoms with E-state index in [2.05, 4.69) is 6.58 Å². The van der Waals surface area contributed by atoms with Gasteiger partial charge < -0.3 is 20.1 Å². The number of carboxylic acid groups (broad SMARTS) is 1. The summed E-state index contributed by atoms with van der Waals surface area (Å²) in [6, 6.07) is 0.